The highest BCUT2D eigenvalue weighted by Crippen LogP contribution is 2.12. The summed E-state index contributed by atoms with van der Waals surface area (Å²) in [6.07, 6.45) is 4.52. The SMILES string of the molecule is CCc1nc(CNC(C)C(=O)N2CCCCC2)cs1. The lowest BCUT2D eigenvalue weighted by molar-refractivity contribution is -0.133. The van der Waals surface area contributed by atoms with Gasteiger partial charge in [-0.2, -0.15) is 0 Å². The molecule has 106 valence electrons. The lowest BCUT2D eigenvalue weighted by atomic mass is 10.1. The predicted octanol–water partition coefficient (Wildman–Crippen LogP) is 2.20. The number of aromatic nitrogens is 1. The molecule has 1 atom stereocenters. The molecule has 0 saturated carbocycles. The molecule has 1 aliphatic heterocycles. The van der Waals surface area contributed by atoms with Crippen molar-refractivity contribution >= 4 is 17.2 Å². The van der Waals surface area contributed by atoms with Crippen molar-refractivity contribution in [3.05, 3.63) is 16.1 Å². The molecule has 2 rings (SSSR count). The zero-order valence-corrected chi connectivity index (χ0v) is 12.6. The number of hydrogen-bond acceptors (Lipinski definition) is 4. The van der Waals surface area contributed by atoms with Gasteiger partial charge in [0.15, 0.2) is 0 Å². The second kappa shape index (κ2) is 7.01. The van der Waals surface area contributed by atoms with Gasteiger partial charge in [0.25, 0.3) is 0 Å². The second-order valence-electron chi connectivity index (χ2n) is 5.07. The number of rotatable bonds is 5. The van der Waals surface area contributed by atoms with Crippen LogP contribution in [-0.2, 0) is 17.8 Å². The molecule has 0 bridgehead atoms. The molecule has 1 saturated heterocycles. The van der Waals surface area contributed by atoms with Crippen LogP contribution in [0.2, 0.25) is 0 Å². The summed E-state index contributed by atoms with van der Waals surface area (Å²) in [4.78, 5) is 18.7. The first kappa shape index (κ1) is 14.5. The maximum atomic E-state index is 12.2. The Kier molecular flexibility index (Phi) is 5.34. The Labute approximate surface area is 119 Å². The molecule has 1 N–H and O–H groups in total. The molecule has 19 heavy (non-hydrogen) atoms. The molecule has 2 heterocycles. The minimum absolute atomic E-state index is 0.120. The number of carbonyl (C=O) groups is 1. The number of carbonyl (C=O) groups excluding carboxylic acids is 1. The quantitative estimate of drug-likeness (QED) is 0.900. The fraction of sp³-hybridized carbons (Fsp3) is 0.714. The van der Waals surface area contributed by atoms with E-state index in [2.05, 4.69) is 22.6 Å². The van der Waals surface area contributed by atoms with Gasteiger partial charge < -0.3 is 10.2 Å². The summed E-state index contributed by atoms with van der Waals surface area (Å²) >= 11 is 1.69. The number of nitrogens with zero attached hydrogens (tertiary/aromatic N) is 2. The van der Waals surface area contributed by atoms with Crippen LogP contribution in [0, 0.1) is 0 Å². The number of piperidine rings is 1. The van der Waals surface area contributed by atoms with E-state index in [1.807, 2.05) is 11.8 Å². The average Bonchev–Trinajstić information content (AvgIpc) is 2.93. The van der Waals surface area contributed by atoms with Crippen molar-refractivity contribution in [3.8, 4) is 0 Å². The summed E-state index contributed by atoms with van der Waals surface area (Å²) in [5.74, 6) is 0.227. The van der Waals surface area contributed by atoms with Crippen LogP contribution in [0.4, 0.5) is 0 Å². The molecule has 1 fully saturated rings. The van der Waals surface area contributed by atoms with Gasteiger partial charge in [0.05, 0.1) is 16.7 Å². The molecular weight excluding hydrogens is 258 g/mol. The van der Waals surface area contributed by atoms with Gasteiger partial charge in [0.2, 0.25) is 5.91 Å². The van der Waals surface area contributed by atoms with Crippen LogP contribution < -0.4 is 5.32 Å². The predicted molar refractivity (Wildman–Crippen MR) is 78.2 cm³/mol. The molecule has 0 aromatic carbocycles. The summed E-state index contributed by atoms with van der Waals surface area (Å²) in [5.41, 5.74) is 1.04. The Hall–Kier alpha value is -0.940. The van der Waals surface area contributed by atoms with Crippen LogP contribution in [0.25, 0.3) is 0 Å². The van der Waals surface area contributed by atoms with Crippen molar-refractivity contribution < 1.29 is 4.79 Å². The molecule has 1 aromatic rings. The fourth-order valence-corrected chi connectivity index (χ4v) is 3.07. The van der Waals surface area contributed by atoms with Crippen LogP contribution in [0.5, 0.6) is 0 Å². The minimum Gasteiger partial charge on any atom is -0.341 e. The van der Waals surface area contributed by atoms with Gasteiger partial charge in [-0.05, 0) is 32.6 Å². The van der Waals surface area contributed by atoms with Crippen molar-refractivity contribution in [2.75, 3.05) is 13.1 Å². The number of hydrogen-bond donors (Lipinski definition) is 1. The first-order valence-electron chi connectivity index (χ1n) is 7.16. The molecule has 1 unspecified atom stereocenters. The van der Waals surface area contributed by atoms with Crippen LogP contribution >= 0.6 is 11.3 Å². The second-order valence-corrected chi connectivity index (χ2v) is 6.02. The van der Waals surface area contributed by atoms with Crippen molar-refractivity contribution in [2.24, 2.45) is 0 Å². The number of amides is 1. The topological polar surface area (TPSA) is 45.2 Å². The third kappa shape index (κ3) is 4.01. The van der Waals surface area contributed by atoms with E-state index in [4.69, 9.17) is 0 Å². The van der Waals surface area contributed by atoms with Crippen LogP contribution in [0.1, 0.15) is 43.8 Å². The maximum absolute atomic E-state index is 12.2. The highest BCUT2D eigenvalue weighted by molar-refractivity contribution is 7.09. The highest BCUT2D eigenvalue weighted by atomic mass is 32.1. The summed E-state index contributed by atoms with van der Waals surface area (Å²) in [5, 5.41) is 6.52. The molecule has 1 aromatic heterocycles. The summed E-state index contributed by atoms with van der Waals surface area (Å²) < 4.78 is 0. The number of likely N-dealkylation sites (tertiary alicyclic amines) is 1. The molecule has 0 aliphatic carbocycles. The lowest BCUT2D eigenvalue weighted by Gasteiger charge is -2.29. The maximum Gasteiger partial charge on any atom is 0.239 e. The molecule has 0 radical (unpaired) electrons. The molecule has 4 nitrogen and oxygen atoms in total. The average molecular weight is 281 g/mol. The Morgan fingerprint density at radius 2 is 2.21 bits per heavy atom. The Morgan fingerprint density at radius 3 is 2.84 bits per heavy atom. The molecule has 5 heteroatoms. The Balaban J connectivity index is 1.79. The first-order chi connectivity index (χ1) is 9.20. The van der Waals surface area contributed by atoms with Crippen LogP contribution in [0.3, 0.4) is 0 Å². The van der Waals surface area contributed by atoms with E-state index in [1.165, 1.54) is 6.42 Å². The van der Waals surface area contributed by atoms with Gasteiger partial charge in [-0.3, -0.25) is 4.79 Å². The van der Waals surface area contributed by atoms with Gasteiger partial charge in [-0.1, -0.05) is 6.92 Å². The zero-order valence-electron chi connectivity index (χ0n) is 11.8. The normalized spacial score (nSPS) is 17.5. The van der Waals surface area contributed by atoms with Gasteiger partial charge in [0.1, 0.15) is 0 Å². The lowest BCUT2D eigenvalue weighted by Crippen LogP contribution is -2.46. The van der Waals surface area contributed by atoms with E-state index in [1.54, 1.807) is 11.3 Å². The van der Waals surface area contributed by atoms with E-state index >= 15 is 0 Å². The molecule has 1 aliphatic rings. The van der Waals surface area contributed by atoms with E-state index < -0.39 is 0 Å². The summed E-state index contributed by atoms with van der Waals surface area (Å²) in [6, 6.07) is -0.120. The third-order valence-electron chi connectivity index (χ3n) is 3.53. The van der Waals surface area contributed by atoms with Crippen LogP contribution in [0.15, 0.2) is 5.38 Å². The van der Waals surface area contributed by atoms with Crippen molar-refractivity contribution in [3.63, 3.8) is 0 Å². The highest BCUT2D eigenvalue weighted by Gasteiger charge is 2.21. The van der Waals surface area contributed by atoms with Crippen molar-refractivity contribution in [2.45, 2.75) is 52.1 Å². The fourth-order valence-electron chi connectivity index (χ4n) is 2.33. The minimum atomic E-state index is -0.120. The third-order valence-corrected chi connectivity index (χ3v) is 4.57. The van der Waals surface area contributed by atoms with E-state index in [9.17, 15) is 4.79 Å². The Bertz CT molecular complexity index is 413. The summed E-state index contributed by atoms with van der Waals surface area (Å²) in [7, 11) is 0. The number of thiazole rings is 1. The molecule has 1 amide bonds. The first-order valence-corrected chi connectivity index (χ1v) is 8.04. The smallest absolute Gasteiger partial charge is 0.239 e. The van der Waals surface area contributed by atoms with Gasteiger partial charge in [0, 0.05) is 25.0 Å². The van der Waals surface area contributed by atoms with E-state index in [0.717, 1.165) is 43.1 Å². The number of nitrogens with one attached hydrogen (secondary N) is 1. The number of aryl methyl sites for hydroxylation is 1. The standard InChI is InChI=1S/C14H23N3OS/c1-3-13-16-12(10-19-13)9-15-11(2)14(18)17-7-5-4-6-8-17/h10-11,15H,3-9H2,1-2H3. The largest absolute Gasteiger partial charge is 0.341 e. The van der Waals surface area contributed by atoms with Crippen LogP contribution in [-0.4, -0.2) is 34.9 Å². The monoisotopic (exact) mass is 281 g/mol. The van der Waals surface area contributed by atoms with Crippen molar-refractivity contribution in [1.82, 2.24) is 15.2 Å². The van der Waals surface area contributed by atoms with Crippen molar-refractivity contribution in [1.29, 1.82) is 0 Å². The van der Waals surface area contributed by atoms with E-state index in [0.29, 0.717) is 6.54 Å². The zero-order chi connectivity index (χ0) is 13.7. The van der Waals surface area contributed by atoms with Gasteiger partial charge >= 0.3 is 0 Å². The summed E-state index contributed by atoms with van der Waals surface area (Å²) in [6.45, 7) is 6.57. The molecule has 0 spiro atoms. The van der Waals surface area contributed by atoms with Gasteiger partial charge in [-0.25, -0.2) is 4.98 Å². The Morgan fingerprint density at radius 1 is 1.47 bits per heavy atom. The van der Waals surface area contributed by atoms with Gasteiger partial charge in [-0.15, -0.1) is 11.3 Å². The molecular formula is C14H23N3OS. The van der Waals surface area contributed by atoms with E-state index in [-0.39, 0.29) is 11.9 Å².